The number of benzene rings is 2. The zero-order valence-electron chi connectivity index (χ0n) is 17.7. The molecule has 1 atom stereocenters. The Labute approximate surface area is 199 Å². The quantitative estimate of drug-likeness (QED) is 0.612. The molecule has 1 N–H and O–H groups in total. The third kappa shape index (κ3) is 4.12. The van der Waals surface area contributed by atoms with Gasteiger partial charge in [-0.1, -0.05) is 11.8 Å². The average molecular weight is 516 g/mol. The number of rotatable bonds is 5. The van der Waals surface area contributed by atoms with Gasteiger partial charge in [-0.3, -0.25) is 9.69 Å². The highest BCUT2D eigenvalue weighted by atomic mass is 79.9. The van der Waals surface area contributed by atoms with E-state index in [-0.39, 0.29) is 18.1 Å². The van der Waals surface area contributed by atoms with Crippen molar-refractivity contribution in [3.8, 4) is 23.3 Å². The van der Waals surface area contributed by atoms with Gasteiger partial charge in [-0.25, -0.2) is 0 Å². The minimum absolute atomic E-state index is 0.00713. The van der Waals surface area contributed by atoms with Crippen LogP contribution in [0.3, 0.4) is 0 Å². The normalized spacial score (nSPS) is 18.3. The molecule has 2 aromatic carbocycles. The summed E-state index contributed by atoms with van der Waals surface area (Å²) in [5.74, 6) is 1.29. The molecule has 0 aromatic heterocycles. The molecule has 166 valence electrons. The van der Waals surface area contributed by atoms with E-state index >= 15 is 0 Å². The van der Waals surface area contributed by atoms with Crippen LogP contribution in [0.5, 0.6) is 17.2 Å². The second-order valence-corrected chi connectivity index (χ2v) is 9.13. The lowest BCUT2D eigenvalue weighted by Gasteiger charge is -2.42. The second-order valence-electron chi connectivity index (χ2n) is 7.34. The van der Waals surface area contributed by atoms with Crippen LogP contribution in [0, 0.1) is 11.3 Å². The van der Waals surface area contributed by atoms with E-state index in [1.54, 1.807) is 24.1 Å². The van der Waals surface area contributed by atoms with Gasteiger partial charge >= 0.3 is 0 Å². The van der Waals surface area contributed by atoms with Crippen LogP contribution in [0.4, 0.5) is 5.69 Å². The Morgan fingerprint density at radius 2 is 2.06 bits per heavy atom. The van der Waals surface area contributed by atoms with E-state index in [1.165, 1.54) is 11.8 Å². The Balaban J connectivity index is 1.66. The molecule has 2 aliphatic rings. The van der Waals surface area contributed by atoms with Crippen LogP contribution in [-0.2, 0) is 4.79 Å². The summed E-state index contributed by atoms with van der Waals surface area (Å²) in [5, 5.41) is 20.9. The number of nitriles is 1. The summed E-state index contributed by atoms with van der Waals surface area (Å²) in [6.45, 7) is 2.61. The Kier molecular flexibility index (Phi) is 6.53. The van der Waals surface area contributed by atoms with Gasteiger partial charge in [-0.15, -0.1) is 0 Å². The SMILES string of the molecule is CCOc1cc([C@H]2CC(=O)N3CN(c4ccc(OC)cc4)CSC3=C2C#N)cc(Br)c1O. The Bertz CT molecular complexity index is 1110. The van der Waals surface area contributed by atoms with Crippen molar-refractivity contribution in [2.24, 2.45) is 0 Å². The molecule has 7 nitrogen and oxygen atoms in total. The molecule has 4 rings (SSSR count). The van der Waals surface area contributed by atoms with Gasteiger partial charge in [0.1, 0.15) is 5.75 Å². The number of aromatic hydroxyl groups is 1. The van der Waals surface area contributed by atoms with Crippen molar-refractivity contribution in [2.45, 2.75) is 19.3 Å². The zero-order chi connectivity index (χ0) is 22.8. The fourth-order valence-electron chi connectivity index (χ4n) is 3.86. The minimum Gasteiger partial charge on any atom is -0.503 e. The number of ether oxygens (including phenoxy) is 2. The maximum atomic E-state index is 13.1. The number of phenols is 1. The van der Waals surface area contributed by atoms with Crippen LogP contribution in [0.1, 0.15) is 24.8 Å². The van der Waals surface area contributed by atoms with E-state index in [0.717, 1.165) is 17.0 Å². The van der Waals surface area contributed by atoms with Gasteiger partial charge in [0, 0.05) is 18.0 Å². The van der Waals surface area contributed by atoms with Crippen molar-refractivity contribution in [2.75, 3.05) is 31.2 Å². The first kappa shape index (κ1) is 22.4. The number of fused-ring (bicyclic) bond motifs is 1. The first-order chi connectivity index (χ1) is 15.5. The summed E-state index contributed by atoms with van der Waals surface area (Å²) in [6.07, 6.45) is 0.173. The summed E-state index contributed by atoms with van der Waals surface area (Å²) in [7, 11) is 1.62. The number of phenolic OH excluding ortho intramolecular Hbond substituents is 1. The molecule has 0 saturated carbocycles. The Morgan fingerprint density at radius 1 is 1.31 bits per heavy atom. The van der Waals surface area contributed by atoms with E-state index in [9.17, 15) is 15.2 Å². The Morgan fingerprint density at radius 3 is 2.72 bits per heavy atom. The number of thioether (sulfide) groups is 1. The van der Waals surface area contributed by atoms with E-state index in [0.29, 0.717) is 40.0 Å². The van der Waals surface area contributed by atoms with Crippen LogP contribution in [0.2, 0.25) is 0 Å². The van der Waals surface area contributed by atoms with Gasteiger partial charge in [0.05, 0.1) is 47.4 Å². The number of halogens is 1. The van der Waals surface area contributed by atoms with E-state index in [2.05, 4.69) is 26.9 Å². The predicted octanol–water partition coefficient (Wildman–Crippen LogP) is 4.78. The van der Waals surface area contributed by atoms with Crippen molar-refractivity contribution in [1.29, 1.82) is 5.26 Å². The summed E-state index contributed by atoms with van der Waals surface area (Å²) in [4.78, 5) is 16.9. The summed E-state index contributed by atoms with van der Waals surface area (Å²) in [6, 6.07) is 13.5. The molecule has 1 fully saturated rings. The lowest BCUT2D eigenvalue weighted by molar-refractivity contribution is -0.129. The molecule has 0 aliphatic carbocycles. The van der Waals surface area contributed by atoms with E-state index in [1.807, 2.05) is 31.2 Å². The first-order valence-corrected chi connectivity index (χ1v) is 11.9. The van der Waals surface area contributed by atoms with Crippen LogP contribution >= 0.6 is 27.7 Å². The highest BCUT2D eigenvalue weighted by Gasteiger charge is 2.38. The molecule has 0 radical (unpaired) electrons. The first-order valence-electron chi connectivity index (χ1n) is 10.1. The predicted molar refractivity (Wildman–Crippen MR) is 127 cm³/mol. The molecule has 0 bridgehead atoms. The monoisotopic (exact) mass is 515 g/mol. The number of hydrogen-bond acceptors (Lipinski definition) is 7. The van der Waals surface area contributed by atoms with Crippen LogP contribution in [0.25, 0.3) is 0 Å². The van der Waals surface area contributed by atoms with E-state index < -0.39 is 5.92 Å². The minimum atomic E-state index is -0.394. The maximum absolute atomic E-state index is 13.1. The molecule has 1 amide bonds. The highest BCUT2D eigenvalue weighted by Crippen LogP contribution is 2.46. The average Bonchev–Trinajstić information content (AvgIpc) is 2.82. The topological polar surface area (TPSA) is 86.0 Å². The van der Waals surface area contributed by atoms with Crippen molar-refractivity contribution in [3.05, 3.63) is 57.0 Å². The number of carbonyl (C=O) groups excluding carboxylic acids is 1. The lowest BCUT2D eigenvalue weighted by Crippen LogP contribution is -2.47. The summed E-state index contributed by atoms with van der Waals surface area (Å²) >= 11 is 4.84. The molecule has 2 aromatic rings. The van der Waals surface area contributed by atoms with Crippen molar-refractivity contribution in [3.63, 3.8) is 0 Å². The molecule has 2 aliphatic heterocycles. The number of anilines is 1. The number of nitrogens with zero attached hydrogens (tertiary/aromatic N) is 3. The molecule has 9 heteroatoms. The van der Waals surface area contributed by atoms with Gasteiger partial charge in [0.25, 0.3) is 0 Å². The van der Waals surface area contributed by atoms with Gasteiger partial charge in [0.2, 0.25) is 5.91 Å². The number of carbonyl (C=O) groups is 1. The molecule has 0 spiro atoms. The van der Waals surface area contributed by atoms with Gasteiger partial charge < -0.3 is 19.5 Å². The molecule has 0 unspecified atom stereocenters. The van der Waals surface area contributed by atoms with Crippen LogP contribution in [-0.4, -0.2) is 42.2 Å². The highest BCUT2D eigenvalue weighted by molar-refractivity contribution is 9.10. The fourth-order valence-corrected chi connectivity index (χ4v) is 5.49. The fraction of sp³-hybridized carbons (Fsp3) is 0.304. The molecule has 2 heterocycles. The molecular formula is C23H22BrN3O4S. The number of methoxy groups -OCH3 is 1. The third-order valence-electron chi connectivity index (χ3n) is 5.48. The third-order valence-corrected chi connectivity index (χ3v) is 7.24. The maximum Gasteiger partial charge on any atom is 0.229 e. The lowest BCUT2D eigenvalue weighted by atomic mass is 9.86. The van der Waals surface area contributed by atoms with Gasteiger partial charge in [-0.2, -0.15) is 5.26 Å². The van der Waals surface area contributed by atoms with Gasteiger partial charge in [-0.05, 0) is 64.8 Å². The number of allylic oxidation sites excluding steroid dienone is 1. The molecule has 32 heavy (non-hydrogen) atoms. The summed E-state index contributed by atoms with van der Waals surface area (Å²) in [5.41, 5.74) is 2.30. The van der Waals surface area contributed by atoms with E-state index in [4.69, 9.17) is 9.47 Å². The van der Waals surface area contributed by atoms with Crippen molar-refractivity contribution in [1.82, 2.24) is 4.90 Å². The summed E-state index contributed by atoms with van der Waals surface area (Å²) < 4.78 is 11.2. The standard InChI is InChI=1S/C23H22BrN3O4S/c1-3-31-20-9-14(8-19(24)22(20)29)17-10-21(28)27-12-26(13-32-23(27)18(17)11-25)15-4-6-16(30-2)7-5-15/h4-9,17,29H,3,10,12-13H2,1-2H3/t17-/m1/s1. The van der Waals surface area contributed by atoms with Crippen molar-refractivity contribution >= 4 is 39.3 Å². The van der Waals surface area contributed by atoms with Crippen molar-refractivity contribution < 1.29 is 19.4 Å². The second kappa shape index (κ2) is 9.35. The molecular weight excluding hydrogens is 494 g/mol. The number of hydrogen-bond donors (Lipinski definition) is 1. The van der Waals surface area contributed by atoms with Crippen LogP contribution < -0.4 is 14.4 Å². The smallest absolute Gasteiger partial charge is 0.229 e. The zero-order valence-corrected chi connectivity index (χ0v) is 20.1. The van der Waals surface area contributed by atoms with Crippen LogP contribution in [0.15, 0.2) is 51.5 Å². The number of amides is 1. The largest absolute Gasteiger partial charge is 0.503 e. The Hall–Kier alpha value is -2.83. The van der Waals surface area contributed by atoms with Gasteiger partial charge in [0.15, 0.2) is 11.5 Å². The molecule has 1 saturated heterocycles.